The molecule has 1 rings (SSSR count). The normalized spacial score (nSPS) is 25.4. The van der Waals surface area contributed by atoms with Gasteiger partial charge in [0, 0.05) is 5.54 Å². The van der Waals surface area contributed by atoms with Gasteiger partial charge in [0.1, 0.15) is 0 Å². The third-order valence-corrected chi connectivity index (χ3v) is 3.77. The van der Waals surface area contributed by atoms with Crippen LogP contribution in [0.15, 0.2) is 0 Å². The van der Waals surface area contributed by atoms with E-state index >= 15 is 0 Å². The van der Waals surface area contributed by atoms with Crippen LogP contribution in [0.1, 0.15) is 52.9 Å². The van der Waals surface area contributed by atoms with Gasteiger partial charge in [0.2, 0.25) is 5.91 Å². The van der Waals surface area contributed by atoms with Crippen LogP contribution >= 0.6 is 0 Å². The van der Waals surface area contributed by atoms with Gasteiger partial charge in [-0.3, -0.25) is 9.59 Å². The van der Waals surface area contributed by atoms with E-state index in [1.54, 1.807) is 0 Å². The molecule has 0 bridgehead atoms. The minimum absolute atomic E-state index is 0.0936. The first-order chi connectivity index (χ1) is 7.87. The predicted molar refractivity (Wildman–Crippen MR) is 65.6 cm³/mol. The standard InChI is InChI=1S/C13H23NO3/c1-4-13(2,3)14-11(15)9-7-5-6-8-10(9)12(16)17/h9-10H,4-8H2,1-3H3,(H,14,15)(H,16,17)/t9-,10+/m1/s1. The van der Waals surface area contributed by atoms with E-state index in [1.807, 2.05) is 20.8 Å². The highest BCUT2D eigenvalue weighted by atomic mass is 16.4. The van der Waals surface area contributed by atoms with E-state index in [2.05, 4.69) is 5.32 Å². The minimum atomic E-state index is -0.834. The van der Waals surface area contributed by atoms with E-state index < -0.39 is 11.9 Å². The highest BCUT2D eigenvalue weighted by Crippen LogP contribution is 2.31. The van der Waals surface area contributed by atoms with Gasteiger partial charge >= 0.3 is 5.97 Å². The van der Waals surface area contributed by atoms with Gasteiger partial charge in [-0.05, 0) is 33.1 Å². The first-order valence-electron chi connectivity index (χ1n) is 6.42. The number of aliphatic carboxylic acids is 1. The maximum atomic E-state index is 12.1. The predicted octanol–water partition coefficient (Wildman–Crippen LogP) is 2.18. The van der Waals surface area contributed by atoms with E-state index in [9.17, 15) is 9.59 Å². The van der Waals surface area contributed by atoms with Crippen LogP contribution < -0.4 is 5.32 Å². The molecular formula is C13H23NO3. The van der Waals surface area contributed by atoms with Gasteiger partial charge in [-0.15, -0.1) is 0 Å². The highest BCUT2D eigenvalue weighted by Gasteiger charge is 2.37. The van der Waals surface area contributed by atoms with Crippen molar-refractivity contribution in [1.29, 1.82) is 0 Å². The molecule has 1 saturated carbocycles. The Bertz CT molecular complexity index is 299. The Labute approximate surface area is 103 Å². The first-order valence-corrected chi connectivity index (χ1v) is 6.42. The number of nitrogens with one attached hydrogen (secondary N) is 1. The molecule has 0 aliphatic heterocycles. The first kappa shape index (κ1) is 14.0. The van der Waals surface area contributed by atoms with Gasteiger partial charge in [0.05, 0.1) is 11.8 Å². The second-order valence-electron chi connectivity index (χ2n) is 5.56. The maximum absolute atomic E-state index is 12.1. The number of carbonyl (C=O) groups excluding carboxylic acids is 1. The maximum Gasteiger partial charge on any atom is 0.307 e. The van der Waals surface area contributed by atoms with Crippen LogP contribution in [-0.4, -0.2) is 22.5 Å². The van der Waals surface area contributed by atoms with Crippen molar-refractivity contribution in [2.24, 2.45) is 11.8 Å². The fourth-order valence-electron chi connectivity index (χ4n) is 2.25. The topological polar surface area (TPSA) is 66.4 Å². The molecule has 0 aromatic heterocycles. The van der Waals surface area contributed by atoms with Gasteiger partial charge < -0.3 is 10.4 Å². The van der Waals surface area contributed by atoms with Gasteiger partial charge in [0.25, 0.3) is 0 Å². The zero-order chi connectivity index (χ0) is 13.1. The molecule has 17 heavy (non-hydrogen) atoms. The molecule has 4 heteroatoms. The summed E-state index contributed by atoms with van der Waals surface area (Å²) in [6, 6.07) is 0. The second kappa shape index (κ2) is 5.52. The van der Waals surface area contributed by atoms with Gasteiger partial charge in [-0.25, -0.2) is 0 Å². The Morgan fingerprint density at radius 2 is 1.76 bits per heavy atom. The Morgan fingerprint density at radius 3 is 2.24 bits per heavy atom. The van der Waals surface area contributed by atoms with Crippen LogP contribution in [0.4, 0.5) is 0 Å². The van der Waals surface area contributed by atoms with E-state index in [4.69, 9.17) is 5.11 Å². The zero-order valence-corrected chi connectivity index (χ0v) is 11.0. The summed E-state index contributed by atoms with van der Waals surface area (Å²) in [6.07, 6.45) is 4.03. The van der Waals surface area contributed by atoms with E-state index in [-0.39, 0.29) is 17.4 Å². The molecule has 0 aromatic carbocycles. The summed E-state index contributed by atoms with van der Waals surface area (Å²) in [5.41, 5.74) is -0.252. The fraction of sp³-hybridized carbons (Fsp3) is 0.846. The SMILES string of the molecule is CCC(C)(C)NC(=O)[C@@H]1CCCC[C@@H]1C(=O)O. The van der Waals surface area contributed by atoms with Crippen molar-refractivity contribution in [1.82, 2.24) is 5.32 Å². The molecule has 1 aliphatic rings. The summed E-state index contributed by atoms with van der Waals surface area (Å²) in [5, 5.41) is 12.1. The smallest absolute Gasteiger partial charge is 0.307 e. The lowest BCUT2D eigenvalue weighted by atomic mass is 9.78. The summed E-state index contributed by atoms with van der Waals surface area (Å²) >= 11 is 0. The molecule has 2 N–H and O–H groups in total. The molecule has 98 valence electrons. The third-order valence-electron chi connectivity index (χ3n) is 3.77. The van der Waals surface area contributed by atoms with Gasteiger partial charge in [-0.1, -0.05) is 19.8 Å². The summed E-state index contributed by atoms with van der Waals surface area (Å²) in [5.74, 6) is -1.79. The van der Waals surface area contributed by atoms with Gasteiger partial charge in [0.15, 0.2) is 0 Å². The van der Waals surface area contributed by atoms with Crippen LogP contribution in [0.2, 0.25) is 0 Å². The van der Waals surface area contributed by atoms with E-state index in [1.165, 1.54) is 0 Å². The average molecular weight is 241 g/mol. The molecule has 0 aromatic rings. The Hall–Kier alpha value is -1.06. The number of carboxylic acid groups (broad SMARTS) is 1. The molecule has 1 amide bonds. The number of hydrogen-bond acceptors (Lipinski definition) is 2. The van der Waals surface area contributed by atoms with Crippen molar-refractivity contribution in [3.8, 4) is 0 Å². The van der Waals surface area contributed by atoms with Crippen LogP contribution in [0.3, 0.4) is 0 Å². The lowest BCUT2D eigenvalue weighted by molar-refractivity contribution is -0.149. The van der Waals surface area contributed by atoms with Crippen molar-refractivity contribution in [3.63, 3.8) is 0 Å². The van der Waals surface area contributed by atoms with Crippen LogP contribution in [0.5, 0.6) is 0 Å². The summed E-state index contributed by atoms with van der Waals surface area (Å²) in [7, 11) is 0. The van der Waals surface area contributed by atoms with Crippen molar-refractivity contribution in [2.75, 3.05) is 0 Å². The number of amides is 1. The molecule has 4 nitrogen and oxygen atoms in total. The van der Waals surface area contributed by atoms with Crippen molar-refractivity contribution >= 4 is 11.9 Å². The number of carbonyl (C=O) groups is 2. The average Bonchev–Trinajstić information content (AvgIpc) is 2.28. The molecule has 0 heterocycles. The molecule has 1 aliphatic carbocycles. The lowest BCUT2D eigenvalue weighted by Gasteiger charge is -2.32. The molecule has 2 atom stereocenters. The van der Waals surface area contributed by atoms with Crippen LogP contribution in [0, 0.1) is 11.8 Å². The summed E-state index contributed by atoms with van der Waals surface area (Å²) in [6.45, 7) is 5.93. The highest BCUT2D eigenvalue weighted by molar-refractivity contribution is 5.85. The van der Waals surface area contributed by atoms with Crippen molar-refractivity contribution < 1.29 is 14.7 Å². The van der Waals surface area contributed by atoms with Crippen LogP contribution in [-0.2, 0) is 9.59 Å². The van der Waals surface area contributed by atoms with E-state index in [0.29, 0.717) is 12.8 Å². The monoisotopic (exact) mass is 241 g/mol. The molecular weight excluding hydrogens is 218 g/mol. The number of carboxylic acids is 1. The van der Waals surface area contributed by atoms with Gasteiger partial charge in [-0.2, -0.15) is 0 Å². The quantitative estimate of drug-likeness (QED) is 0.792. The van der Waals surface area contributed by atoms with E-state index in [0.717, 1.165) is 19.3 Å². The number of hydrogen-bond donors (Lipinski definition) is 2. The largest absolute Gasteiger partial charge is 0.481 e. The van der Waals surface area contributed by atoms with Crippen molar-refractivity contribution in [2.45, 2.75) is 58.4 Å². The number of rotatable bonds is 4. The second-order valence-corrected chi connectivity index (χ2v) is 5.56. The molecule has 0 radical (unpaired) electrons. The molecule has 0 unspecified atom stereocenters. The summed E-state index contributed by atoms with van der Waals surface area (Å²) in [4.78, 5) is 23.2. The Morgan fingerprint density at radius 1 is 1.24 bits per heavy atom. The Balaban J connectivity index is 2.69. The molecule has 0 saturated heterocycles. The minimum Gasteiger partial charge on any atom is -0.481 e. The lowest BCUT2D eigenvalue weighted by Crippen LogP contribution is -2.48. The van der Waals surface area contributed by atoms with Crippen LogP contribution in [0.25, 0.3) is 0 Å². The Kier molecular flexibility index (Phi) is 4.54. The fourth-order valence-corrected chi connectivity index (χ4v) is 2.25. The van der Waals surface area contributed by atoms with Crippen molar-refractivity contribution in [3.05, 3.63) is 0 Å². The molecule has 0 spiro atoms. The third kappa shape index (κ3) is 3.72. The molecule has 1 fully saturated rings. The summed E-state index contributed by atoms with van der Waals surface area (Å²) < 4.78 is 0. The zero-order valence-electron chi connectivity index (χ0n) is 11.0.